The molecule has 0 saturated carbocycles. The molecule has 0 aromatic heterocycles. The van der Waals surface area contributed by atoms with Crippen molar-refractivity contribution in [2.24, 2.45) is 5.14 Å². The second-order valence-corrected chi connectivity index (χ2v) is 7.17. The molecule has 2 rings (SSSR count). The van der Waals surface area contributed by atoms with Crippen LogP contribution >= 0.6 is 11.6 Å². The highest BCUT2D eigenvalue weighted by Gasteiger charge is 2.26. The van der Waals surface area contributed by atoms with Crippen LogP contribution in [0.1, 0.15) is 21.5 Å². The number of carbonyl (C=O) groups is 1. The predicted molar refractivity (Wildman–Crippen MR) is 90.3 cm³/mol. The minimum Gasteiger partial charge on any atom is -0.478 e. The molecule has 132 valence electrons. The molecule has 0 spiro atoms. The Labute approximate surface area is 148 Å². The van der Waals surface area contributed by atoms with Gasteiger partial charge in [0.1, 0.15) is 0 Å². The van der Waals surface area contributed by atoms with E-state index in [1.54, 1.807) is 24.3 Å². The molecule has 0 aliphatic rings. The fraction of sp³-hybridized carbons (Fsp3) is 0.133. The van der Waals surface area contributed by atoms with Gasteiger partial charge in [-0.1, -0.05) is 23.7 Å². The van der Waals surface area contributed by atoms with E-state index in [2.05, 4.69) is 0 Å². The maximum atomic E-state index is 11.8. The number of hydrogen-bond acceptors (Lipinski definition) is 5. The van der Waals surface area contributed by atoms with Gasteiger partial charge in [-0.05, 0) is 36.6 Å². The number of rotatable bonds is 6. The van der Waals surface area contributed by atoms with E-state index in [1.165, 1.54) is 0 Å². The van der Waals surface area contributed by atoms with Crippen molar-refractivity contribution in [3.8, 4) is 0 Å². The van der Waals surface area contributed by atoms with Crippen LogP contribution in [-0.2, 0) is 22.9 Å². The van der Waals surface area contributed by atoms with Crippen LogP contribution in [0.5, 0.6) is 0 Å². The van der Waals surface area contributed by atoms with Crippen molar-refractivity contribution in [2.45, 2.75) is 17.7 Å². The fourth-order valence-electron chi connectivity index (χ4n) is 2.34. The Morgan fingerprint density at radius 2 is 1.80 bits per heavy atom. The minimum atomic E-state index is -4.35. The molecule has 10 heteroatoms. The number of primary sulfonamides is 1. The van der Waals surface area contributed by atoms with Crippen LogP contribution in [0, 0.1) is 10.1 Å². The zero-order valence-corrected chi connectivity index (χ0v) is 14.2. The molecule has 0 heterocycles. The van der Waals surface area contributed by atoms with Gasteiger partial charge < -0.3 is 5.11 Å². The molecule has 8 nitrogen and oxygen atoms in total. The summed E-state index contributed by atoms with van der Waals surface area (Å²) in [6.45, 7) is 0. The maximum Gasteiger partial charge on any atom is 0.335 e. The lowest BCUT2D eigenvalue weighted by Gasteiger charge is -2.10. The average Bonchev–Trinajstić information content (AvgIpc) is 2.52. The number of sulfonamides is 1. The van der Waals surface area contributed by atoms with E-state index in [0.717, 1.165) is 17.7 Å². The molecule has 0 amide bonds. The van der Waals surface area contributed by atoms with E-state index in [1.807, 2.05) is 0 Å². The predicted octanol–water partition coefficient (Wildman–Crippen LogP) is 2.38. The second kappa shape index (κ2) is 7.18. The number of nitro groups is 1. The molecule has 2 aromatic carbocycles. The summed E-state index contributed by atoms with van der Waals surface area (Å²) in [6, 6.07) is 8.35. The van der Waals surface area contributed by atoms with Crippen LogP contribution < -0.4 is 5.14 Å². The zero-order chi connectivity index (χ0) is 18.8. The summed E-state index contributed by atoms with van der Waals surface area (Å²) < 4.78 is 23.6. The zero-order valence-electron chi connectivity index (χ0n) is 12.7. The minimum absolute atomic E-state index is 0.0103. The SMILES string of the molecule is NS(=O)(=O)c1cc(C(=O)O)cc([N+](=O)[O-])c1CCc1ccc(Cl)cc1. The van der Waals surface area contributed by atoms with Gasteiger partial charge in [0.05, 0.1) is 20.9 Å². The molecule has 0 atom stereocenters. The van der Waals surface area contributed by atoms with E-state index < -0.39 is 37.1 Å². The van der Waals surface area contributed by atoms with Crippen molar-refractivity contribution in [3.05, 3.63) is 68.2 Å². The number of aromatic carboxylic acids is 1. The van der Waals surface area contributed by atoms with Crippen LogP contribution in [0.3, 0.4) is 0 Å². The Bertz CT molecular complexity index is 941. The molecule has 0 saturated heterocycles. The Kier molecular flexibility index (Phi) is 5.41. The van der Waals surface area contributed by atoms with Gasteiger partial charge in [-0.15, -0.1) is 0 Å². The molecular weight excluding hydrogens is 372 g/mol. The van der Waals surface area contributed by atoms with Crippen molar-refractivity contribution in [3.63, 3.8) is 0 Å². The van der Waals surface area contributed by atoms with Gasteiger partial charge >= 0.3 is 5.97 Å². The van der Waals surface area contributed by atoms with Crippen LogP contribution in [0.15, 0.2) is 41.3 Å². The van der Waals surface area contributed by atoms with E-state index in [4.69, 9.17) is 21.8 Å². The van der Waals surface area contributed by atoms with Gasteiger partial charge in [0.25, 0.3) is 5.69 Å². The summed E-state index contributed by atoms with van der Waals surface area (Å²) >= 11 is 5.79. The lowest BCUT2D eigenvalue weighted by atomic mass is 10.0. The Hall–Kier alpha value is -2.49. The standard InChI is InChI=1S/C15H13ClN2O6S/c16-11-4-1-9(2-5-11)3-6-12-13(18(21)22)7-10(15(19)20)8-14(12)25(17,23)24/h1-2,4-5,7-8H,3,6H2,(H,19,20)(H2,17,23,24). The number of carboxylic acids is 1. The number of nitrogens with two attached hydrogens (primary N) is 1. The topological polar surface area (TPSA) is 141 Å². The van der Waals surface area contributed by atoms with Gasteiger partial charge in [-0.25, -0.2) is 18.4 Å². The van der Waals surface area contributed by atoms with Gasteiger partial charge in [-0.3, -0.25) is 10.1 Å². The summed E-state index contributed by atoms with van der Waals surface area (Å²) in [6.07, 6.45) is 0.274. The summed E-state index contributed by atoms with van der Waals surface area (Å²) in [5.74, 6) is -1.49. The molecule has 0 aliphatic heterocycles. The van der Waals surface area contributed by atoms with Crippen LogP contribution in [-0.4, -0.2) is 24.4 Å². The van der Waals surface area contributed by atoms with Crippen molar-refractivity contribution < 1.29 is 23.2 Å². The van der Waals surface area contributed by atoms with E-state index in [-0.39, 0.29) is 18.4 Å². The third-order valence-electron chi connectivity index (χ3n) is 3.51. The Balaban J connectivity index is 2.55. The van der Waals surface area contributed by atoms with Gasteiger partial charge in [-0.2, -0.15) is 0 Å². The molecule has 3 N–H and O–H groups in total. The average molecular weight is 385 g/mol. The number of hydrogen-bond donors (Lipinski definition) is 2. The second-order valence-electron chi connectivity index (χ2n) is 5.21. The fourth-order valence-corrected chi connectivity index (χ4v) is 3.31. The lowest BCUT2D eigenvalue weighted by molar-refractivity contribution is -0.385. The largest absolute Gasteiger partial charge is 0.478 e. The molecule has 2 aromatic rings. The highest BCUT2D eigenvalue weighted by molar-refractivity contribution is 7.89. The summed E-state index contributed by atoms with van der Waals surface area (Å²) in [7, 11) is -4.35. The van der Waals surface area contributed by atoms with Crippen molar-refractivity contribution in [1.29, 1.82) is 0 Å². The summed E-state index contributed by atoms with van der Waals surface area (Å²) in [4.78, 5) is 21.0. The molecule has 0 aliphatic carbocycles. The smallest absolute Gasteiger partial charge is 0.335 e. The molecule has 25 heavy (non-hydrogen) atoms. The Morgan fingerprint density at radius 3 is 2.28 bits per heavy atom. The number of halogens is 1. The first kappa shape index (κ1) is 18.8. The highest BCUT2D eigenvalue weighted by Crippen LogP contribution is 2.29. The number of carboxylic acid groups (broad SMARTS) is 1. The van der Waals surface area contributed by atoms with Crippen LogP contribution in [0.4, 0.5) is 5.69 Å². The number of nitro benzene ring substituents is 1. The number of nitrogens with zero attached hydrogens (tertiary/aromatic N) is 1. The lowest BCUT2D eigenvalue weighted by Crippen LogP contribution is -2.17. The van der Waals surface area contributed by atoms with Crippen LogP contribution in [0.25, 0.3) is 0 Å². The van der Waals surface area contributed by atoms with Crippen molar-refractivity contribution in [1.82, 2.24) is 0 Å². The van der Waals surface area contributed by atoms with E-state index >= 15 is 0 Å². The number of benzene rings is 2. The van der Waals surface area contributed by atoms with Crippen LogP contribution in [0.2, 0.25) is 5.02 Å². The van der Waals surface area contributed by atoms with Gasteiger partial charge in [0.2, 0.25) is 10.0 Å². The molecule has 0 bridgehead atoms. The van der Waals surface area contributed by atoms with Gasteiger partial charge in [0.15, 0.2) is 0 Å². The molecular formula is C15H13ClN2O6S. The third-order valence-corrected chi connectivity index (χ3v) is 4.74. The molecule has 0 unspecified atom stereocenters. The molecule has 0 radical (unpaired) electrons. The first-order valence-corrected chi connectivity index (χ1v) is 8.84. The Morgan fingerprint density at radius 1 is 1.20 bits per heavy atom. The summed E-state index contributed by atoms with van der Waals surface area (Å²) in [5.41, 5.74) is -0.474. The first-order chi connectivity index (χ1) is 11.6. The van der Waals surface area contributed by atoms with Crippen molar-refractivity contribution in [2.75, 3.05) is 0 Å². The normalized spacial score (nSPS) is 11.3. The quantitative estimate of drug-likeness (QED) is 0.578. The van der Waals surface area contributed by atoms with Crippen molar-refractivity contribution >= 4 is 33.3 Å². The summed E-state index contributed by atoms with van der Waals surface area (Å²) in [5, 5.41) is 26.0. The third kappa shape index (κ3) is 4.53. The monoisotopic (exact) mass is 384 g/mol. The number of aryl methyl sites for hydroxylation is 1. The highest BCUT2D eigenvalue weighted by atomic mass is 35.5. The van der Waals surface area contributed by atoms with Gasteiger partial charge in [0, 0.05) is 11.1 Å². The first-order valence-electron chi connectivity index (χ1n) is 6.91. The maximum absolute atomic E-state index is 11.8. The van der Waals surface area contributed by atoms with E-state index in [0.29, 0.717) is 5.02 Å². The molecule has 0 fully saturated rings. The van der Waals surface area contributed by atoms with E-state index in [9.17, 15) is 23.3 Å².